The molecule has 1 unspecified atom stereocenters. The Morgan fingerprint density at radius 1 is 1.54 bits per heavy atom. The van der Waals surface area contributed by atoms with Crippen molar-refractivity contribution in [1.82, 2.24) is 10.2 Å². The molecular formula is C15H14BrN5O3. The van der Waals surface area contributed by atoms with Crippen LogP contribution in [0.1, 0.15) is 17.9 Å². The number of rotatable bonds is 2. The fourth-order valence-electron chi connectivity index (χ4n) is 3.06. The Kier molecular flexibility index (Phi) is 4.07. The first kappa shape index (κ1) is 16.1. The molecule has 0 amide bonds. The predicted molar refractivity (Wildman–Crippen MR) is 88.7 cm³/mol. The van der Waals surface area contributed by atoms with Gasteiger partial charge in [-0.05, 0) is 24.6 Å². The van der Waals surface area contributed by atoms with Crippen molar-refractivity contribution in [3.63, 3.8) is 0 Å². The van der Waals surface area contributed by atoms with E-state index < -0.39 is 10.8 Å². The van der Waals surface area contributed by atoms with E-state index >= 15 is 0 Å². The second kappa shape index (κ2) is 6.05. The van der Waals surface area contributed by atoms with Crippen LogP contribution in [-0.4, -0.2) is 28.0 Å². The molecule has 1 saturated heterocycles. The Bertz CT molecular complexity index is 827. The molecule has 4 N–H and O–H groups in total. The SMILES string of the molecule is N#CC1=C(N)N2CCCNC2=C([N+](=O)[O-])C1c1cc(Br)ccc1O. The van der Waals surface area contributed by atoms with Crippen LogP contribution in [-0.2, 0) is 0 Å². The number of hydrogen-bond acceptors (Lipinski definition) is 7. The molecule has 1 aromatic carbocycles. The molecule has 9 heteroatoms. The van der Waals surface area contributed by atoms with E-state index in [1.165, 1.54) is 6.07 Å². The van der Waals surface area contributed by atoms with Crippen molar-refractivity contribution in [2.75, 3.05) is 13.1 Å². The molecule has 0 spiro atoms. The summed E-state index contributed by atoms with van der Waals surface area (Å²) in [5.41, 5.74) is 6.25. The second-order valence-electron chi connectivity index (χ2n) is 5.47. The molecule has 3 rings (SSSR count). The number of benzene rings is 1. The number of nitrogens with two attached hydrogens (primary N) is 1. The number of nitriles is 1. The summed E-state index contributed by atoms with van der Waals surface area (Å²) >= 11 is 3.29. The van der Waals surface area contributed by atoms with Crippen molar-refractivity contribution in [3.05, 3.63) is 61.3 Å². The molecule has 1 atom stereocenters. The Balaban J connectivity index is 2.29. The van der Waals surface area contributed by atoms with Crippen LogP contribution < -0.4 is 11.1 Å². The van der Waals surface area contributed by atoms with E-state index in [4.69, 9.17) is 5.73 Å². The maximum Gasteiger partial charge on any atom is 0.299 e. The van der Waals surface area contributed by atoms with Crippen LogP contribution in [0.2, 0.25) is 0 Å². The molecule has 0 aliphatic carbocycles. The first-order valence-electron chi connectivity index (χ1n) is 7.23. The quantitative estimate of drug-likeness (QED) is 0.516. The smallest absolute Gasteiger partial charge is 0.299 e. The molecule has 0 bridgehead atoms. The number of nitrogens with zero attached hydrogens (tertiary/aromatic N) is 3. The van der Waals surface area contributed by atoms with Crippen LogP contribution in [0.5, 0.6) is 5.75 Å². The normalized spacial score (nSPS) is 20.3. The molecule has 2 aliphatic rings. The first-order valence-corrected chi connectivity index (χ1v) is 8.03. The van der Waals surface area contributed by atoms with E-state index in [-0.39, 0.29) is 34.2 Å². The zero-order chi connectivity index (χ0) is 17.4. The number of allylic oxidation sites excluding steroid dienone is 1. The number of phenols is 1. The lowest BCUT2D eigenvalue weighted by Gasteiger charge is -2.37. The van der Waals surface area contributed by atoms with Crippen LogP contribution in [0, 0.1) is 21.4 Å². The molecule has 1 fully saturated rings. The molecule has 124 valence electrons. The minimum absolute atomic E-state index is 0.0579. The van der Waals surface area contributed by atoms with Crippen molar-refractivity contribution in [2.24, 2.45) is 5.73 Å². The van der Waals surface area contributed by atoms with Crippen molar-refractivity contribution < 1.29 is 10.0 Å². The summed E-state index contributed by atoms with van der Waals surface area (Å²) in [6, 6.07) is 6.59. The van der Waals surface area contributed by atoms with Crippen molar-refractivity contribution in [3.8, 4) is 11.8 Å². The van der Waals surface area contributed by atoms with Crippen LogP contribution in [0.3, 0.4) is 0 Å². The summed E-state index contributed by atoms with van der Waals surface area (Å²) in [5, 5.41) is 34.6. The lowest BCUT2D eigenvalue weighted by molar-refractivity contribution is -0.432. The molecular weight excluding hydrogens is 378 g/mol. The van der Waals surface area contributed by atoms with Gasteiger partial charge in [-0.3, -0.25) is 10.1 Å². The van der Waals surface area contributed by atoms with Gasteiger partial charge in [0.25, 0.3) is 5.70 Å². The van der Waals surface area contributed by atoms with Crippen molar-refractivity contribution in [2.45, 2.75) is 12.3 Å². The summed E-state index contributed by atoms with van der Waals surface area (Å²) in [5.74, 6) is -0.714. The second-order valence-corrected chi connectivity index (χ2v) is 6.39. The van der Waals surface area contributed by atoms with E-state index in [1.54, 1.807) is 17.0 Å². The monoisotopic (exact) mass is 391 g/mol. The number of halogens is 1. The molecule has 0 saturated carbocycles. The van der Waals surface area contributed by atoms with E-state index in [0.717, 1.165) is 6.42 Å². The zero-order valence-corrected chi connectivity index (χ0v) is 14.1. The van der Waals surface area contributed by atoms with E-state index in [9.17, 15) is 20.5 Å². The molecule has 2 aliphatic heterocycles. The minimum atomic E-state index is -1.04. The number of hydrogen-bond donors (Lipinski definition) is 3. The highest BCUT2D eigenvalue weighted by Crippen LogP contribution is 2.44. The third kappa shape index (κ3) is 2.45. The fraction of sp³-hybridized carbons (Fsp3) is 0.267. The summed E-state index contributed by atoms with van der Waals surface area (Å²) in [7, 11) is 0. The summed E-state index contributed by atoms with van der Waals surface area (Å²) in [6.07, 6.45) is 0.751. The lowest BCUT2D eigenvalue weighted by Crippen LogP contribution is -2.46. The Hall–Kier alpha value is -2.73. The minimum Gasteiger partial charge on any atom is -0.508 e. The average Bonchev–Trinajstić information content (AvgIpc) is 2.56. The van der Waals surface area contributed by atoms with Crippen LogP contribution in [0.15, 0.2) is 45.6 Å². The predicted octanol–water partition coefficient (Wildman–Crippen LogP) is 1.69. The Labute approximate surface area is 146 Å². The summed E-state index contributed by atoms with van der Waals surface area (Å²) in [6.45, 7) is 1.07. The summed E-state index contributed by atoms with van der Waals surface area (Å²) < 4.78 is 0.637. The van der Waals surface area contributed by atoms with E-state index in [2.05, 4.69) is 21.2 Å². The van der Waals surface area contributed by atoms with Crippen LogP contribution in [0.25, 0.3) is 0 Å². The van der Waals surface area contributed by atoms with E-state index in [1.807, 2.05) is 6.07 Å². The number of nitro groups is 1. The third-order valence-electron chi connectivity index (χ3n) is 4.11. The number of aromatic hydroxyl groups is 1. The topological polar surface area (TPSA) is 128 Å². The molecule has 1 aromatic rings. The third-order valence-corrected chi connectivity index (χ3v) is 4.60. The summed E-state index contributed by atoms with van der Waals surface area (Å²) in [4.78, 5) is 12.8. The van der Waals surface area contributed by atoms with E-state index in [0.29, 0.717) is 17.6 Å². The highest BCUT2D eigenvalue weighted by molar-refractivity contribution is 9.10. The highest BCUT2D eigenvalue weighted by atomic mass is 79.9. The van der Waals surface area contributed by atoms with Crippen molar-refractivity contribution in [1.29, 1.82) is 5.26 Å². The fourth-order valence-corrected chi connectivity index (χ4v) is 3.44. The van der Waals surface area contributed by atoms with Gasteiger partial charge in [0, 0.05) is 23.1 Å². The Morgan fingerprint density at radius 2 is 2.29 bits per heavy atom. The van der Waals surface area contributed by atoms with Gasteiger partial charge in [0.05, 0.1) is 16.6 Å². The van der Waals surface area contributed by atoms with Gasteiger partial charge in [0.2, 0.25) is 0 Å². The maximum absolute atomic E-state index is 11.8. The molecule has 0 radical (unpaired) electrons. The van der Waals surface area contributed by atoms with Gasteiger partial charge in [0.1, 0.15) is 17.5 Å². The van der Waals surface area contributed by atoms with Crippen molar-refractivity contribution >= 4 is 15.9 Å². The number of fused-ring (bicyclic) bond motifs is 1. The largest absolute Gasteiger partial charge is 0.508 e. The average molecular weight is 392 g/mol. The maximum atomic E-state index is 11.8. The Morgan fingerprint density at radius 3 is 2.96 bits per heavy atom. The van der Waals surface area contributed by atoms with Gasteiger partial charge < -0.3 is 21.1 Å². The van der Waals surface area contributed by atoms with Gasteiger partial charge in [-0.25, -0.2) is 0 Å². The molecule has 24 heavy (non-hydrogen) atoms. The first-order chi connectivity index (χ1) is 11.5. The zero-order valence-electron chi connectivity index (χ0n) is 12.5. The van der Waals surface area contributed by atoms with Crippen LogP contribution in [0.4, 0.5) is 0 Å². The van der Waals surface area contributed by atoms with Crippen LogP contribution >= 0.6 is 15.9 Å². The van der Waals surface area contributed by atoms with Gasteiger partial charge in [-0.15, -0.1) is 0 Å². The van der Waals surface area contributed by atoms with Gasteiger partial charge in [-0.2, -0.15) is 5.26 Å². The molecule has 8 nitrogen and oxygen atoms in total. The lowest BCUT2D eigenvalue weighted by atomic mass is 9.85. The highest BCUT2D eigenvalue weighted by Gasteiger charge is 2.44. The molecule has 2 heterocycles. The van der Waals surface area contributed by atoms with Gasteiger partial charge >= 0.3 is 0 Å². The standard InChI is InChI=1S/C15H14BrN5O3/c16-8-2-3-11(22)9(6-8)12-10(7-17)14(18)20-5-1-4-19-15(20)13(12)21(23)24/h2-3,6,12,19,22H,1,4-5,18H2. The van der Waals surface area contributed by atoms with Gasteiger partial charge in [-0.1, -0.05) is 15.9 Å². The molecule has 0 aromatic heterocycles. The van der Waals surface area contributed by atoms with Gasteiger partial charge in [0.15, 0.2) is 5.82 Å². The number of phenolic OH excluding ortho intramolecular Hbond substituents is 1. The number of nitrogens with one attached hydrogen (secondary N) is 1.